The lowest BCUT2D eigenvalue weighted by atomic mass is 10.2. The van der Waals surface area contributed by atoms with Crippen LogP contribution in [-0.2, 0) is 4.79 Å². The number of pyridine rings is 1. The van der Waals surface area contributed by atoms with Crippen molar-refractivity contribution in [3.05, 3.63) is 35.8 Å². The Labute approximate surface area is 156 Å². The summed E-state index contributed by atoms with van der Waals surface area (Å²) < 4.78 is 6.65. The third-order valence-corrected chi connectivity index (χ3v) is 5.13. The van der Waals surface area contributed by atoms with Gasteiger partial charge in [-0.05, 0) is 23.6 Å². The topological polar surface area (TPSA) is 126 Å². The van der Waals surface area contributed by atoms with Crippen molar-refractivity contribution < 1.29 is 24.5 Å². The highest BCUT2D eigenvalue weighted by Crippen LogP contribution is 2.32. The van der Waals surface area contributed by atoms with Gasteiger partial charge in [-0.3, -0.25) is 9.88 Å². The van der Waals surface area contributed by atoms with E-state index in [1.54, 1.807) is 18.3 Å². The van der Waals surface area contributed by atoms with E-state index in [1.807, 2.05) is 17.5 Å². The van der Waals surface area contributed by atoms with Crippen LogP contribution in [0.5, 0.6) is 5.88 Å². The average Bonchev–Trinajstić information content (AvgIpc) is 3.29. The molecule has 27 heavy (non-hydrogen) atoms. The summed E-state index contributed by atoms with van der Waals surface area (Å²) in [4.78, 5) is 36.7. The van der Waals surface area contributed by atoms with Crippen molar-refractivity contribution in [2.45, 2.75) is 18.6 Å². The van der Waals surface area contributed by atoms with Crippen LogP contribution >= 0.6 is 11.3 Å². The second kappa shape index (κ2) is 6.80. The van der Waals surface area contributed by atoms with Gasteiger partial charge < -0.3 is 14.9 Å². The number of carbonyl (C=O) groups is 2. The van der Waals surface area contributed by atoms with Crippen molar-refractivity contribution in [1.82, 2.24) is 19.9 Å². The zero-order valence-corrected chi connectivity index (χ0v) is 14.7. The molecule has 1 aliphatic heterocycles. The number of fused-ring (bicyclic) bond motifs is 1. The minimum absolute atomic E-state index is 0.0396. The number of amides is 1. The maximum atomic E-state index is 11.3. The van der Waals surface area contributed by atoms with E-state index in [1.165, 1.54) is 11.3 Å². The summed E-state index contributed by atoms with van der Waals surface area (Å²) in [6.07, 6.45) is -0.209. The Morgan fingerprint density at radius 3 is 2.74 bits per heavy atom. The number of hydrogen-bond donors (Lipinski definition) is 2. The predicted molar refractivity (Wildman–Crippen MR) is 95.8 cm³/mol. The lowest BCUT2D eigenvalue weighted by Gasteiger charge is -2.16. The molecule has 0 unspecified atom stereocenters. The summed E-state index contributed by atoms with van der Waals surface area (Å²) in [6, 6.07) is 6.08. The van der Waals surface area contributed by atoms with E-state index in [0.717, 1.165) is 9.60 Å². The Kier molecular flexibility index (Phi) is 4.32. The first kappa shape index (κ1) is 17.2. The van der Waals surface area contributed by atoms with Crippen molar-refractivity contribution in [2.24, 2.45) is 0 Å². The summed E-state index contributed by atoms with van der Waals surface area (Å²) >= 11 is 1.40. The molecule has 1 fully saturated rings. The number of aliphatic carboxylic acids is 1. The van der Waals surface area contributed by atoms with Crippen molar-refractivity contribution in [1.29, 1.82) is 0 Å². The summed E-state index contributed by atoms with van der Waals surface area (Å²) in [5.41, 5.74) is 1.27. The molecule has 1 amide bonds. The van der Waals surface area contributed by atoms with Gasteiger partial charge in [-0.1, -0.05) is 6.07 Å². The molecule has 0 radical (unpaired) electrons. The quantitative estimate of drug-likeness (QED) is 0.700. The maximum absolute atomic E-state index is 11.3. The smallest absolute Gasteiger partial charge is 0.408 e. The normalized spacial score (nSPS) is 19.3. The second-order valence-electron chi connectivity index (χ2n) is 5.97. The molecule has 3 aromatic heterocycles. The van der Waals surface area contributed by atoms with E-state index in [4.69, 9.17) is 4.74 Å². The Hall–Kier alpha value is -3.27. The number of likely N-dealkylation sites (tertiary alicyclic amines) is 1. The van der Waals surface area contributed by atoms with Crippen LogP contribution in [0.2, 0.25) is 0 Å². The highest BCUT2D eigenvalue weighted by atomic mass is 32.1. The van der Waals surface area contributed by atoms with Crippen LogP contribution in [0.3, 0.4) is 0 Å². The minimum Gasteiger partial charge on any atom is -0.480 e. The van der Waals surface area contributed by atoms with Gasteiger partial charge in [0.15, 0.2) is 5.82 Å². The third kappa shape index (κ3) is 3.26. The number of carboxylic acid groups (broad SMARTS) is 2. The van der Waals surface area contributed by atoms with Crippen LogP contribution in [0.1, 0.15) is 6.42 Å². The van der Waals surface area contributed by atoms with Crippen LogP contribution in [-0.4, -0.2) is 60.8 Å². The number of nitrogens with zero attached hydrogens (tertiary/aromatic N) is 4. The number of ether oxygens (including phenoxy) is 1. The van der Waals surface area contributed by atoms with Gasteiger partial charge >= 0.3 is 12.1 Å². The predicted octanol–water partition coefficient (Wildman–Crippen LogP) is 2.34. The molecule has 0 saturated carbocycles. The summed E-state index contributed by atoms with van der Waals surface area (Å²) in [5, 5.41) is 20.3. The van der Waals surface area contributed by atoms with Crippen LogP contribution < -0.4 is 4.74 Å². The Morgan fingerprint density at radius 2 is 2.07 bits per heavy atom. The molecule has 138 valence electrons. The largest absolute Gasteiger partial charge is 0.480 e. The SMILES string of the molecule is O=C(O)[C@@H]1C[C@@H](Oc2nc(-c3ccccn3)nc3ccsc23)CN1C(=O)O. The van der Waals surface area contributed by atoms with Gasteiger partial charge in [0.1, 0.15) is 22.5 Å². The van der Waals surface area contributed by atoms with Crippen molar-refractivity contribution in [3.8, 4) is 17.4 Å². The molecule has 0 bridgehead atoms. The van der Waals surface area contributed by atoms with E-state index >= 15 is 0 Å². The van der Waals surface area contributed by atoms with Gasteiger partial charge in [-0.2, -0.15) is 4.98 Å². The molecule has 0 aliphatic carbocycles. The fraction of sp³-hybridized carbons (Fsp3) is 0.235. The van der Waals surface area contributed by atoms with E-state index < -0.39 is 24.2 Å². The Balaban J connectivity index is 1.67. The number of thiophene rings is 1. The molecule has 9 nitrogen and oxygen atoms in total. The van der Waals surface area contributed by atoms with Gasteiger partial charge in [0, 0.05) is 12.6 Å². The van der Waals surface area contributed by atoms with E-state index in [9.17, 15) is 19.8 Å². The van der Waals surface area contributed by atoms with E-state index in [-0.39, 0.29) is 13.0 Å². The van der Waals surface area contributed by atoms with Crippen LogP contribution in [0.25, 0.3) is 21.7 Å². The molecule has 1 saturated heterocycles. The first-order valence-electron chi connectivity index (χ1n) is 8.08. The van der Waals surface area contributed by atoms with Crippen LogP contribution in [0.15, 0.2) is 35.8 Å². The molecule has 1 aliphatic rings. The summed E-state index contributed by atoms with van der Waals surface area (Å²) in [7, 11) is 0. The third-order valence-electron chi connectivity index (χ3n) is 4.24. The zero-order valence-electron chi connectivity index (χ0n) is 13.8. The van der Waals surface area contributed by atoms with Crippen molar-refractivity contribution in [2.75, 3.05) is 6.54 Å². The van der Waals surface area contributed by atoms with Gasteiger partial charge in [-0.15, -0.1) is 11.3 Å². The van der Waals surface area contributed by atoms with Gasteiger partial charge in [0.25, 0.3) is 0 Å². The fourth-order valence-electron chi connectivity index (χ4n) is 3.01. The second-order valence-corrected chi connectivity index (χ2v) is 6.88. The van der Waals surface area contributed by atoms with Gasteiger partial charge in [-0.25, -0.2) is 14.6 Å². The molecule has 2 N–H and O–H groups in total. The lowest BCUT2D eigenvalue weighted by Crippen LogP contribution is -2.39. The van der Waals surface area contributed by atoms with Crippen LogP contribution in [0.4, 0.5) is 4.79 Å². The van der Waals surface area contributed by atoms with E-state index in [2.05, 4.69) is 15.0 Å². The van der Waals surface area contributed by atoms with Crippen LogP contribution in [0, 0.1) is 0 Å². The average molecular weight is 386 g/mol. The van der Waals surface area contributed by atoms with Crippen molar-refractivity contribution in [3.63, 3.8) is 0 Å². The molecule has 3 aromatic rings. The monoisotopic (exact) mass is 386 g/mol. The molecule has 2 atom stereocenters. The minimum atomic E-state index is -1.29. The highest BCUT2D eigenvalue weighted by molar-refractivity contribution is 7.17. The zero-order chi connectivity index (χ0) is 19.0. The number of aromatic nitrogens is 3. The standard InChI is InChI=1S/C17H14N4O5S/c22-16(23)12-7-9(8-21(12)17(24)25)26-15-13-10(4-6-27-13)19-14(20-15)11-3-1-2-5-18-11/h1-6,9,12H,7-8H2,(H,22,23)(H,24,25)/t9-,12+/m1/s1. The van der Waals surface area contributed by atoms with Gasteiger partial charge in [0.05, 0.1) is 12.1 Å². The molecular weight excluding hydrogens is 372 g/mol. The molecule has 10 heteroatoms. The number of rotatable bonds is 4. The molecule has 4 rings (SSSR count). The molecule has 0 spiro atoms. The van der Waals surface area contributed by atoms with E-state index in [0.29, 0.717) is 22.9 Å². The Bertz CT molecular complexity index is 987. The number of hydrogen-bond acceptors (Lipinski definition) is 7. The molecular formula is C17H14N4O5S. The maximum Gasteiger partial charge on any atom is 0.408 e. The molecule has 0 aromatic carbocycles. The number of carboxylic acids is 1. The first-order valence-corrected chi connectivity index (χ1v) is 8.96. The lowest BCUT2D eigenvalue weighted by molar-refractivity contribution is -0.141. The first-order chi connectivity index (χ1) is 13.0. The van der Waals surface area contributed by atoms with Gasteiger partial charge in [0.2, 0.25) is 5.88 Å². The summed E-state index contributed by atoms with van der Waals surface area (Å²) in [6.45, 7) is -0.0396. The highest BCUT2D eigenvalue weighted by Gasteiger charge is 2.41. The Morgan fingerprint density at radius 1 is 1.22 bits per heavy atom. The summed E-state index contributed by atoms with van der Waals surface area (Å²) in [5.74, 6) is -0.502. The van der Waals surface area contributed by atoms with Crippen molar-refractivity contribution >= 4 is 33.6 Å². The fourth-order valence-corrected chi connectivity index (χ4v) is 3.77. The molecule has 4 heterocycles.